The van der Waals surface area contributed by atoms with Gasteiger partial charge in [0, 0.05) is 18.7 Å². The third kappa shape index (κ3) is 5.43. The Morgan fingerprint density at radius 1 is 1.43 bits per heavy atom. The highest BCUT2D eigenvalue weighted by atomic mass is 16.6. The molecule has 0 saturated carbocycles. The Morgan fingerprint density at radius 3 is 2.81 bits per heavy atom. The number of aldehydes is 1. The molecule has 1 amide bonds. The van der Waals surface area contributed by atoms with Gasteiger partial charge < -0.3 is 10.1 Å². The molecule has 0 radical (unpaired) electrons. The number of non-ortho nitro benzene ring substituents is 1. The number of nitro benzene ring substituents is 1. The third-order valence-electron chi connectivity index (χ3n) is 2.64. The van der Waals surface area contributed by atoms with Gasteiger partial charge in [-0.05, 0) is 25.0 Å². The first kappa shape index (κ1) is 16.4. The molecule has 0 aliphatic rings. The Hall–Kier alpha value is -2.70. The maximum absolute atomic E-state index is 10.9. The number of nitrogens with one attached hydrogen (secondary N) is 1. The van der Waals surface area contributed by atoms with Crippen LogP contribution in [0.5, 0.6) is 5.75 Å². The first-order chi connectivity index (χ1) is 10.1. The number of nitro groups is 1. The van der Waals surface area contributed by atoms with Gasteiger partial charge in [0.25, 0.3) is 5.69 Å². The van der Waals surface area contributed by atoms with Crippen molar-refractivity contribution in [1.29, 1.82) is 0 Å². The average Bonchev–Trinajstić information content (AvgIpc) is 2.50. The molecular formula is C14H16N2O5. The number of benzene rings is 1. The van der Waals surface area contributed by atoms with Gasteiger partial charge in [-0.3, -0.25) is 19.7 Å². The quantitative estimate of drug-likeness (QED) is 0.246. The second kappa shape index (κ2) is 8.47. The van der Waals surface area contributed by atoms with E-state index in [9.17, 15) is 19.7 Å². The van der Waals surface area contributed by atoms with Crippen molar-refractivity contribution in [2.45, 2.75) is 12.8 Å². The normalized spacial score (nSPS) is 9.71. The monoisotopic (exact) mass is 292 g/mol. The highest BCUT2D eigenvalue weighted by Crippen LogP contribution is 2.22. The van der Waals surface area contributed by atoms with Gasteiger partial charge in [-0.1, -0.05) is 6.58 Å². The molecule has 112 valence electrons. The number of nitrogens with zero attached hydrogens (tertiary/aromatic N) is 1. The van der Waals surface area contributed by atoms with Crippen molar-refractivity contribution >= 4 is 17.9 Å². The van der Waals surface area contributed by atoms with Crippen LogP contribution in [0.1, 0.15) is 23.2 Å². The molecule has 1 aromatic rings. The van der Waals surface area contributed by atoms with Crippen molar-refractivity contribution in [3.63, 3.8) is 0 Å². The maximum atomic E-state index is 10.9. The first-order valence-electron chi connectivity index (χ1n) is 6.35. The van der Waals surface area contributed by atoms with Gasteiger partial charge in [0.2, 0.25) is 5.91 Å². The van der Waals surface area contributed by atoms with Crippen LogP contribution in [0.25, 0.3) is 0 Å². The first-order valence-corrected chi connectivity index (χ1v) is 6.35. The topological polar surface area (TPSA) is 98.5 Å². The van der Waals surface area contributed by atoms with Gasteiger partial charge in [0.1, 0.15) is 5.75 Å². The maximum Gasteiger partial charge on any atom is 0.270 e. The van der Waals surface area contributed by atoms with E-state index in [0.717, 1.165) is 0 Å². The summed E-state index contributed by atoms with van der Waals surface area (Å²) in [5.74, 6) is 0.0836. The molecule has 0 unspecified atom stereocenters. The second-order valence-corrected chi connectivity index (χ2v) is 4.15. The predicted octanol–water partition coefficient (Wildman–Crippen LogP) is 1.87. The van der Waals surface area contributed by atoms with E-state index in [1.807, 2.05) is 0 Å². The number of unbranched alkanes of at least 4 members (excludes halogenated alkanes) is 1. The van der Waals surface area contributed by atoms with Gasteiger partial charge in [0.15, 0.2) is 6.29 Å². The number of rotatable bonds is 9. The zero-order chi connectivity index (χ0) is 15.7. The Balaban J connectivity index is 2.41. The van der Waals surface area contributed by atoms with Crippen molar-refractivity contribution < 1.29 is 19.2 Å². The SMILES string of the molecule is C=CC(=O)NCCCCOc1ccc([N+](=O)[O-])cc1C=O. The Bertz CT molecular complexity index is 542. The number of carbonyl (C=O) groups is 2. The summed E-state index contributed by atoms with van der Waals surface area (Å²) in [4.78, 5) is 31.8. The Labute approximate surface area is 121 Å². The molecule has 0 atom stereocenters. The number of amides is 1. The molecule has 0 fully saturated rings. The lowest BCUT2D eigenvalue weighted by Crippen LogP contribution is -2.22. The molecule has 1 N–H and O–H groups in total. The Kier molecular flexibility index (Phi) is 6.59. The van der Waals surface area contributed by atoms with Crippen LogP contribution in [0.2, 0.25) is 0 Å². The van der Waals surface area contributed by atoms with Crippen molar-refractivity contribution in [2.24, 2.45) is 0 Å². The van der Waals surface area contributed by atoms with E-state index in [1.54, 1.807) is 0 Å². The zero-order valence-corrected chi connectivity index (χ0v) is 11.4. The van der Waals surface area contributed by atoms with Crippen molar-refractivity contribution in [2.75, 3.05) is 13.2 Å². The molecule has 0 aliphatic carbocycles. The summed E-state index contributed by atoms with van der Waals surface area (Å²) < 4.78 is 5.41. The van der Waals surface area contributed by atoms with E-state index in [0.29, 0.717) is 38.0 Å². The fourth-order valence-corrected chi connectivity index (χ4v) is 1.57. The standard InChI is InChI=1S/C14H16N2O5/c1-2-14(18)15-7-3-4-8-21-13-6-5-12(16(19)20)9-11(13)10-17/h2,5-6,9-10H,1,3-4,7-8H2,(H,15,18). The minimum absolute atomic E-state index is 0.143. The summed E-state index contributed by atoms with van der Waals surface area (Å²) in [5.41, 5.74) is -0.0132. The Morgan fingerprint density at radius 2 is 2.19 bits per heavy atom. The van der Waals surface area contributed by atoms with Crippen LogP contribution in [0.15, 0.2) is 30.9 Å². The molecule has 21 heavy (non-hydrogen) atoms. The molecule has 0 saturated heterocycles. The predicted molar refractivity (Wildman–Crippen MR) is 76.4 cm³/mol. The van der Waals surface area contributed by atoms with Crippen LogP contribution in [-0.2, 0) is 4.79 Å². The molecule has 1 rings (SSSR count). The number of carbonyl (C=O) groups excluding carboxylic acids is 2. The van der Waals surface area contributed by atoms with E-state index in [2.05, 4.69) is 11.9 Å². The molecule has 0 aromatic heterocycles. The van der Waals surface area contributed by atoms with Crippen LogP contribution < -0.4 is 10.1 Å². The van der Waals surface area contributed by atoms with Gasteiger partial charge in [-0.2, -0.15) is 0 Å². The average molecular weight is 292 g/mol. The van der Waals surface area contributed by atoms with E-state index in [-0.39, 0.29) is 17.2 Å². The van der Waals surface area contributed by atoms with E-state index in [1.165, 1.54) is 24.3 Å². The minimum atomic E-state index is -0.570. The lowest BCUT2D eigenvalue weighted by atomic mass is 10.2. The van der Waals surface area contributed by atoms with E-state index >= 15 is 0 Å². The minimum Gasteiger partial charge on any atom is -0.493 e. The molecule has 0 aliphatic heterocycles. The smallest absolute Gasteiger partial charge is 0.270 e. The van der Waals surface area contributed by atoms with E-state index in [4.69, 9.17) is 4.74 Å². The van der Waals surface area contributed by atoms with Gasteiger partial charge in [0.05, 0.1) is 17.1 Å². The zero-order valence-electron chi connectivity index (χ0n) is 11.4. The van der Waals surface area contributed by atoms with Crippen molar-refractivity contribution in [1.82, 2.24) is 5.32 Å². The lowest BCUT2D eigenvalue weighted by molar-refractivity contribution is -0.384. The second-order valence-electron chi connectivity index (χ2n) is 4.15. The van der Waals surface area contributed by atoms with Gasteiger partial charge in [-0.15, -0.1) is 0 Å². The highest BCUT2D eigenvalue weighted by molar-refractivity contribution is 5.86. The lowest BCUT2D eigenvalue weighted by Gasteiger charge is -2.08. The summed E-state index contributed by atoms with van der Waals surface area (Å²) in [6.07, 6.45) is 3.10. The molecule has 1 aromatic carbocycles. The summed E-state index contributed by atoms with van der Waals surface area (Å²) in [6, 6.07) is 3.86. The largest absolute Gasteiger partial charge is 0.493 e. The van der Waals surface area contributed by atoms with Crippen LogP contribution >= 0.6 is 0 Å². The molecule has 7 nitrogen and oxygen atoms in total. The van der Waals surface area contributed by atoms with Crippen molar-refractivity contribution in [3.05, 3.63) is 46.5 Å². The summed E-state index contributed by atoms with van der Waals surface area (Å²) in [6.45, 7) is 4.19. The van der Waals surface area contributed by atoms with Crippen LogP contribution in [0.3, 0.4) is 0 Å². The van der Waals surface area contributed by atoms with Crippen LogP contribution in [0.4, 0.5) is 5.69 Å². The van der Waals surface area contributed by atoms with Crippen LogP contribution in [-0.4, -0.2) is 30.3 Å². The molecule has 0 spiro atoms. The van der Waals surface area contributed by atoms with E-state index < -0.39 is 4.92 Å². The highest BCUT2D eigenvalue weighted by Gasteiger charge is 2.11. The summed E-state index contributed by atoms with van der Waals surface area (Å²) in [5, 5.41) is 13.2. The van der Waals surface area contributed by atoms with Crippen molar-refractivity contribution in [3.8, 4) is 5.75 Å². The number of ether oxygens (including phenoxy) is 1. The molecular weight excluding hydrogens is 276 g/mol. The fraction of sp³-hybridized carbons (Fsp3) is 0.286. The molecule has 7 heteroatoms. The number of hydrogen-bond donors (Lipinski definition) is 1. The molecule has 0 heterocycles. The molecule has 0 bridgehead atoms. The van der Waals surface area contributed by atoms with Crippen LogP contribution in [0, 0.1) is 10.1 Å². The number of hydrogen-bond acceptors (Lipinski definition) is 5. The van der Waals surface area contributed by atoms with Gasteiger partial charge >= 0.3 is 0 Å². The fourth-order valence-electron chi connectivity index (χ4n) is 1.57. The third-order valence-corrected chi connectivity index (χ3v) is 2.64. The summed E-state index contributed by atoms with van der Waals surface area (Å²) in [7, 11) is 0. The summed E-state index contributed by atoms with van der Waals surface area (Å²) >= 11 is 0. The van der Waals surface area contributed by atoms with Gasteiger partial charge in [-0.25, -0.2) is 0 Å².